The molecule has 3 rings (SSSR count). The lowest BCUT2D eigenvalue weighted by Gasteiger charge is -2.08. The Morgan fingerprint density at radius 1 is 1.27 bits per heavy atom. The number of carbonyl (C=O) groups is 1. The van der Waals surface area contributed by atoms with E-state index >= 15 is 0 Å². The molecule has 2 heterocycles. The minimum Gasteiger partial charge on any atom is -0.350 e. The third-order valence-corrected chi connectivity index (χ3v) is 4.54. The number of aromatic nitrogens is 4. The van der Waals surface area contributed by atoms with Crippen molar-refractivity contribution in [3.8, 4) is 0 Å². The van der Waals surface area contributed by atoms with Gasteiger partial charge in [0, 0.05) is 29.7 Å². The lowest BCUT2D eigenvalue weighted by molar-refractivity contribution is -0.121. The average molecular weight is 353 g/mol. The van der Waals surface area contributed by atoms with E-state index in [0.29, 0.717) is 25.1 Å². The maximum atomic E-state index is 12.3. The van der Waals surface area contributed by atoms with Crippen molar-refractivity contribution >= 4 is 16.8 Å². The molecule has 0 saturated heterocycles. The molecule has 3 aromatic rings. The second-order valence-corrected chi connectivity index (χ2v) is 6.29. The zero-order chi connectivity index (χ0) is 18.7. The number of hydrogen-bond donors (Lipinski definition) is 2. The van der Waals surface area contributed by atoms with Gasteiger partial charge in [0.2, 0.25) is 5.91 Å². The summed E-state index contributed by atoms with van der Waals surface area (Å²) in [7, 11) is 0. The number of rotatable bonds is 6. The van der Waals surface area contributed by atoms with E-state index in [9.17, 15) is 9.59 Å². The van der Waals surface area contributed by atoms with Crippen LogP contribution in [0.3, 0.4) is 0 Å². The van der Waals surface area contributed by atoms with Crippen LogP contribution in [-0.4, -0.2) is 25.7 Å². The standard InChI is InChI=1S/C19H23N5O2/c1-4-24-17-8-6-5-7-15(17)16(23-24)11-20-18(25)10-9-14-12(2)21-19(26)22-13(14)3/h5-8H,4,9-11H2,1-3H3,(H,20,25)(H,21,22,26). The summed E-state index contributed by atoms with van der Waals surface area (Å²) in [5, 5.41) is 8.59. The van der Waals surface area contributed by atoms with Crippen LogP contribution in [0.4, 0.5) is 0 Å². The van der Waals surface area contributed by atoms with Crippen LogP contribution in [0.1, 0.15) is 36.0 Å². The van der Waals surface area contributed by atoms with Crippen molar-refractivity contribution in [2.75, 3.05) is 0 Å². The fourth-order valence-electron chi connectivity index (χ4n) is 3.20. The minimum absolute atomic E-state index is 0.0508. The third-order valence-electron chi connectivity index (χ3n) is 4.54. The van der Waals surface area contributed by atoms with E-state index in [1.54, 1.807) is 6.92 Å². The summed E-state index contributed by atoms with van der Waals surface area (Å²) in [5.74, 6) is -0.0508. The Labute approximate surface area is 151 Å². The van der Waals surface area contributed by atoms with Crippen LogP contribution in [-0.2, 0) is 24.3 Å². The lowest BCUT2D eigenvalue weighted by Crippen LogP contribution is -2.24. The smallest absolute Gasteiger partial charge is 0.345 e. The van der Waals surface area contributed by atoms with Crippen molar-refractivity contribution in [2.45, 2.75) is 46.7 Å². The monoisotopic (exact) mass is 353 g/mol. The van der Waals surface area contributed by atoms with Crippen molar-refractivity contribution < 1.29 is 4.79 Å². The van der Waals surface area contributed by atoms with Gasteiger partial charge in [-0.25, -0.2) is 4.79 Å². The molecule has 0 aliphatic rings. The highest BCUT2D eigenvalue weighted by Gasteiger charge is 2.12. The zero-order valence-corrected chi connectivity index (χ0v) is 15.3. The van der Waals surface area contributed by atoms with Crippen molar-refractivity contribution in [3.05, 3.63) is 57.4 Å². The fourth-order valence-corrected chi connectivity index (χ4v) is 3.20. The summed E-state index contributed by atoms with van der Waals surface area (Å²) in [6.07, 6.45) is 0.874. The first-order chi connectivity index (χ1) is 12.5. The number of benzene rings is 1. The molecule has 1 amide bonds. The number of aromatic amines is 1. The SMILES string of the molecule is CCn1nc(CNC(=O)CCc2c(C)nc(=O)[nH]c2C)c2ccccc21. The Morgan fingerprint density at radius 2 is 2.04 bits per heavy atom. The first-order valence-corrected chi connectivity index (χ1v) is 8.77. The van der Waals surface area contributed by atoms with Crippen LogP contribution in [0.25, 0.3) is 10.9 Å². The summed E-state index contributed by atoms with van der Waals surface area (Å²) in [6, 6.07) is 8.02. The molecule has 0 unspecified atom stereocenters. The van der Waals surface area contributed by atoms with Crippen molar-refractivity contribution in [2.24, 2.45) is 0 Å². The lowest BCUT2D eigenvalue weighted by atomic mass is 10.1. The second-order valence-electron chi connectivity index (χ2n) is 6.29. The normalized spacial score (nSPS) is 11.0. The highest BCUT2D eigenvalue weighted by atomic mass is 16.1. The zero-order valence-electron chi connectivity index (χ0n) is 15.3. The highest BCUT2D eigenvalue weighted by molar-refractivity contribution is 5.83. The third kappa shape index (κ3) is 3.66. The van der Waals surface area contributed by atoms with Gasteiger partial charge in [0.05, 0.1) is 17.8 Å². The molecule has 1 aromatic carbocycles. The van der Waals surface area contributed by atoms with E-state index in [-0.39, 0.29) is 11.6 Å². The van der Waals surface area contributed by atoms with Crippen LogP contribution in [0.15, 0.2) is 29.1 Å². The number of hydrogen-bond acceptors (Lipinski definition) is 4. The molecule has 0 saturated carbocycles. The molecule has 2 N–H and O–H groups in total. The Kier molecular flexibility index (Phi) is 5.16. The largest absolute Gasteiger partial charge is 0.350 e. The topological polar surface area (TPSA) is 92.7 Å². The Hall–Kier alpha value is -2.96. The summed E-state index contributed by atoms with van der Waals surface area (Å²) in [4.78, 5) is 30.2. The van der Waals surface area contributed by atoms with E-state index < -0.39 is 0 Å². The molecule has 2 aromatic heterocycles. The fraction of sp³-hybridized carbons (Fsp3) is 0.368. The molecule has 0 radical (unpaired) electrons. The number of H-pyrrole nitrogens is 1. The van der Waals surface area contributed by atoms with E-state index in [0.717, 1.165) is 34.4 Å². The van der Waals surface area contributed by atoms with Gasteiger partial charge in [-0.2, -0.15) is 10.1 Å². The average Bonchev–Trinajstić information content (AvgIpc) is 2.97. The summed E-state index contributed by atoms with van der Waals surface area (Å²) >= 11 is 0. The molecular weight excluding hydrogens is 330 g/mol. The molecule has 0 bridgehead atoms. The number of para-hydroxylation sites is 1. The number of nitrogens with one attached hydrogen (secondary N) is 2. The first-order valence-electron chi connectivity index (χ1n) is 8.77. The van der Waals surface area contributed by atoms with Gasteiger partial charge in [-0.3, -0.25) is 9.48 Å². The van der Waals surface area contributed by atoms with Crippen LogP contribution in [0, 0.1) is 13.8 Å². The molecule has 26 heavy (non-hydrogen) atoms. The van der Waals surface area contributed by atoms with Gasteiger partial charge in [0.1, 0.15) is 0 Å². The molecule has 0 atom stereocenters. The second kappa shape index (κ2) is 7.51. The van der Waals surface area contributed by atoms with Gasteiger partial charge in [0.25, 0.3) is 0 Å². The highest BCUT2D eigenvalue weighted by Crippen LogP contribution is 2.18. The summed E-state index contributed by atoms with van der Waals surface area (Å²) in [5.41, 5.74) is 3.94. The Morgan fingerprint density at radius 3 is 2.77 bits per heavy atom. The predicted molar refractivity (Wildman–Crippen MR) is 99.9 cm³/mol. The molecular formula is C19H23N5O2. The molecule has 0 spiro atoms. The van der Waals surface area contributed by atoms with Gasteiger partial charge >= 0.3 is 5.69 Å². The number of fused-ring (bicyclic) bond motifs is 1. The van der Waals surface area contributed by atoms with Gasteiger partial charge in [-0.05, 0) is 38.8 Å². The van der Waals surface area contributed by atoms with E-state index in [2.05, 4.69) is 20.4 Å². The Bertz CT molecular complexity index is 977. The van der Waals surface area contributed by atoms with E-state index in [4.69, 9.17) is 0 Å². The van der Waals surface area contributed by atoms with Crippen LogP contribution < -0.4 is 11.0 Å². The van der Waals surface area contributed by atoms with E-state index in [1.807, 2.05) is 42.8 Å². The number of amides is 1. The molecule has 0 aliphatic heterocycles. The first kappa shape index (κ1) is 17.8. The summed E-state index contributed by atoms with van der Waals surface area (Å²) < 4.78 is 1.94. The number of nitrogens with zero attached hydrogens (tertiary/aromatic N) is 3. The molecule has 7 heteroatoms. The maximum Gasteiger partial charge on any atom is 0.345 e. The molecule has 0 aliphatic carbocycles. The van der Waals surface area contributed by atoms with Gasteiger partial charge in [-0.15, -0.1) is 0 Å². The quantitative estimate of drug-likeness (QED) is 0.709. The van der Waals surface area contributed by atoms with Gasteiger partial charge in [-0.1, -0.05) is 18.2 Å². The van der Waals surface area contributed by atoms with Crippen molar-refractivity contribution in [1.82, 2.24) is 25.1 Å². The minimum atomic E-state index is -0.355. The van der Waals surface area contributed by atoms with Crippen molar-refractivity contribution in [3.63, 3.8) is 0 Å². The van der Waals surface area contributed by atoms with Crippen LogP contribution >= 0.6 is 0 Å². The Balaban J connectivity index is 1.64. The molecule has 7 nitrogen and oxygen atoms in total. The van der Waals surface area contributed by atoms with Crippen LogP contribution in [0.5, 0.6) is 0 Å². The molecule has 0 fully saturated rings. The van der Waals surface area contributed by atoms with Gasteiger partial charge < -0.3 is 10.3 Å². The maximum absolute atomic E-state index is 12.3. The van der Waals surface area contributed by atoms with Crippen LogP contribution in [0.2, 0.25) is 0 Å². The number of carbonyl (C=O) groups excluding carboxylic acids is 1. The number of aryl methyl sites for hydroxylation is 3. The van der Waals surface area contributed by atoms with E-state index in [1.165, 1.54) is 0 Å². The van der Waals surface area contributed by atoms with Gasteiger partial charge in [0.15, 0.2) is 0 Å². The van der Waals surface area contributed by atoms with Crippen molar-refractivity contribution in [1.29, 1.82) is 0 Å². The predicted octanol–water partition coefficient (Wildman–Crippen LogP) is 2.01. The molecule has 136 valence electrons. The summed E-state index contributed by atoms with van der Waals surface area (Å²) in [6.45, 7) is 6.84.